The lowest BCUT2D eigenvalue weighted by Crippen LogP contribution is -2.17. The molecule has 0 bridgehead atoms. The van der Waals surface area contributed by atoms with E-state index in [1.807, 2.05) is 0 Å². The van der Waals surface area contributed by atoms with Gasteiger partial charge in [-0.1, -0.05) is 18.9 Å². The maximum atomic E-state index is 13.8. The Kier molecular flexibility index (Phi) is 4.34. The Labute approximate surface area is 107 Å². The minimum Gasteiger partial charge on any atom is -0.487 e. The highest BCUT2D eigenvalue weighted by Crippen LogP contribution is 2.28. The van der Waals surface area contributed by atoms with Gasteiger partial charge in [0.15, 0.2) is 17.3 Å². The summed E-state index contributed by atoms with van der Waals surface area (Å²) in [4.78, 5) is 11.5. The second-order valence-corrected chi connectivity index (χ2v) is 4.90. The summed E-state index contributed by atoms with van der Waals surface area (Å²) in [6, 6.07) is 4.52. The second kappa shape index (κ2) is 5.98. The maximum absolute atomic E-state index is 13.8. The van der Waals surface area contributed by atoms with Crippen molar-refractivity contribution in [1.82, 2.24) is 0 Å². The van der Waals surface area contributed by atoms with E-state index in [9.17, 15) is 9.18 Å². The lowest BCUT2D eigenvalue weighted by atomic mass is 10.1. The van der Waals surface area contributed by atoms with Gasteiger partial charge in [-0.3, -0.25) is 4.79 Å². The number of Topliss-reactive ketones (excluding diaryl/α,β-unsaturated/α-hetero) is 1. The molecule has 0 saturated heterocycles. The molecule has 0 atom stereocenters. The number of carbonyl (C=O) groups excluding carboxylic acids is 1. The molecule has 1 aromatic rings. The highest BCUT2D eigenvalue weighted by molar-refractivity contribution is 5.96. The third kappa shape index (κ3) is 3.09. The third-order valence-electron chi connectivity index (χ3n) is 3.43. The van der Waals surface area contributed by atoms with Crippen LogP contribution in [0.25, 0.3) is 0 Å². The first kappa shape index (κ1) is 13.1. The molecule has 1 aliphatic rings. The summed E-state index contributed by atoms with van der Waals surface area (Å²) in [6.45, 7) is 1.44. The van der Waals surface area contributed by atoms with Gasteiger partial charge in [0.25, 0.3) is 0 Å². The summed E-state index contributed by atoms with van der Waals surface area (Å²) < 4.78 is 19.6. The number of hydrogen-bond donors (Lipinski definition) is 0. The SMILES string of the molecule is CC(=O)c1cccc(F)c1OC1CCCCCC1. The Morgan fingerprint density at radius 1 is 1.22 bits per heavy atom. The summed E-state index contributed by atoms with van der Waals surface area (Å²) in [5.41, 5.74) is 0.347. The van der Waals surface area contributed by atoms with Crippen molar-refractivity contribution in [3.63, 3.8) is 0 Å². The fourth-order valence-corrected chi connectivity index (χ4v) is 2.43. The van der Waals surface area contributed by atoms with Crippen molar-refractivity contribution >= 4 is 5.78 Å². The fourth-order valence-electron chi connectivity index (χ4n) is 2.43. The number of hydrogen-bond acceptors (Lipinski definition) is 2. The summed E-state index contributed by atoms with van der Waals surface area (Å²) in [5, 5.41) is 0. The summed E-state index contributed by atoms with van der Waals surface area (Å²) in [6.07, 6.45) is 6.62. The largest absolute Gasteiger partial charge is 0.487 e. The van der Waals surface area contributed by atoms with Crippen LogP contribution in [0.5, 0.6) is 5.75 Å². The molecule has 1 aromatic carbocycles. The Morgan fingerprint density at radius 2 is 1.89 bits per heavy atom. The van der Waals surface area contributed by atoms with Crippen LogP contribution in [0.1, 0.15) is 55.8 Å². The number of rotatable bonds is 3. The molecule has 0 spiro atoms. The molecule has 1 saturated carbocycles. The number of halogens is 1. The van der Waals surface area contributed by atoms with Gasteiger partial charge in [0.1, 0.15) is 0 Å². The van der Waals surface area contributed by atoms with Crippen molar-refractivity contribution in [1.29, 1.82) is 0 Å². The normalized spacial score (nSPS) is 17.2. The van der Waals surface area contributed by atoms with E-state index in [4.69, 9.17) is 4.74 Å². The van der Waals surface area contributed by atoms with Crippen LogP contribution in [0.2, 0.25) is 0 Å². The van der Waals surface area contributed by atoms with Gasteiger partial charge >= 0.3 is 0 Å². The van der Waals surface area contributed by atoms with E-state index in [0.29, 0.717) is 5.56 Å². The van der Waals surface area contributed by atoms with Crippen molar-refractivity contribution in [2.75, 3.05) is 0 Å². The molecule has 1 fully saturated rings. The zero-order valence-electron chi connectivity index (χ0n) is 10.7. The predicted octanol–water partition coefficient (Wildman–Crippen LogP) is 4.13. The van der Waals surface area contributed by atoms with Crippen LogP contribution < -0.4 is 4.74 Å². The lowest BCUT2D eigenvalue weighted by Gasteiger charge is -2.19. The quantitative estimate of drug-likeness (QED) is 0.595. The van der Waals surface area contributed by atoms with Crippen molar-refractivity contribution in [3.05, 3.63) is 29.6 Å². The molecule has 0 unspecified atom stereocenters. The van der Waals surface area contributed by atoms with Crippen LogP contribution >= 0.6 is 0 Å². The van der Waals surface area contributed by atoms with Crippen molar-refractivity contribution in [3.8, 4) is 5.75 Å². The van der Waals surface area contributed by atoms with Crippen LogP contribution in [0.4, 0.5) is 4.39 Å². The van der Waals surface area contributed by atoms with Crippen LogP contribution in [0.3, 0.4) is 0 Å². The van der Waals surface area contributed by atoms with Gasteiger partial charge in [-0.25, -0.2) is 4.39 Å². The van der Waals surface area contributed by atoms with Gasteiger partial charge in [0, 0.05) is 0 Å². The Morgan fingerprint density at radius 3 is 2.50 bits per heavy atom. The first-order chi connectivity index (χ1) is 8.68. The topological polar surface area (TPSA) is 26.3 Å². The molecule has 0 aromatic heterocycles. The smallest absolute Gasteiger partial charge is 0.166 e. The van der Waals surface area contributed by atoms with E-state index in [1.54, 1.807) is 12.1 Å². The van der Waals surface area contributed by atoms with Gasteiger partial charge in [-0.2, -0.15) is 0 Å². The van der Waals surface area contributed by atoms with Crippen LogP contribution in [0.15, 0.2) is 18.2 Å². The number of ketones is 1. The molecule has 2 nitrogen and oxygen atoms in total. The summed E-state index contributed by atoms with van der Waals surface area (Å²) >= 11 is 0. The number of carbonyl (C=O) groups is 1. The molecule has 18 heavy (non-hydrogen) atoms. The van der Waals surface area contributed by atoms with Crippen LogP contribution in [-0.4, -0.2) is 11.9 Å². The van der Waals surface area contributed by atoms with E-state index in [-0.39, 0.29) is 17.6 Å². The minimum absolute atomic E-state index is 0.0440. The summed E-state index contributed by atoms with van der Waals surface area (Å²) in [5.74, 6) is -0.457. The number of benzene rings is 1. The molecule has 98 valence electrons. The molecule has 0 heterocycles. The Hall–Kier alpha value is -1.38. The average molecular weight is 250 g/mol. The first-order valence-electron chi connectivity index (χ1n) is 6.64. The van der Waals surface area contributed by atoms with E-state index in [0.717, 1.165) is 25.7 Å². The Balaban J connectivity index is 2.19. The molecule has 0 aliphatic heterocycles. The van der Waals surface area contributed by atoms with Crippen molar-refractivity contribution < 1.29 is 13.9 Å². The molecule has 2 rings (SSSR count). The third-order valence-corrected chi connectivity index (χ3v) is 3.43. The first-order valence-corrected chi connectivity index (χ1v) is 6.64. The van der Waals surface area contributed by atoms with Crippen molar-refractivity contribution in [2.45, 2.75) is 51.6 Å². The standard InChI is InChI=1S/C15H19FO2/c1-11(17)13-9-6-10-14(16)15(13)18-12-7-4-2-3-5-8-12/h6,9-10,12H,2-5,7-8H2,1H3. The highest BCUT2D eigenvalue weighted by Gasteiger charge is 2.19. The van der Waals surface area contributed by atoms with E-state index in [2.05, 4.69) is 0 Å². The zero-order valence-corrected chi connectivity index (χ0v) is 10.7. The molecular formula is C15H19FO2. The second-order valence-electron chi connectivity index (χ2n) is 4.90. The fraction of sp³-hybridized carbons (Fsp3) is 0.533. The van der Waals surface area contributed by atoms with E-state index in [1.165, 1.54) is 25.8 Å². The molecule has 0 amide bonds. The maximum Gasteiger partial charge on any atom is 0.166 e. The lowest BCUT2D eigenvalue weighted by molar-refractivity contribution is 0.100. The van der Waals surface area contributed by atoms with E-state index < -0.39 is 5.82 Å². The van der Waals surface area contributed by atoms with Gasteiger partial charge in [-0.05, 0) is 44.7 Å². The average Bonchev–Trinajstić information content (AvgIpc) is 2.60. The highest BCUT2D eigenvalue weighted by atomic mass is 19.1. The molecule has 3 heteroatoms. The molecule has 0 radical (unpaired) electrons. The molecule has 0 N–H and O–H groups in total. The minimum atomic E-state index is -0.438. The van der Waals surface area contributed by atoms with Gasteiger partial charge in [0.05, 0.1) is 11.7 Å². The zero-order chi connectivity index (χ0) is 13.0. The number of ether oxygens (including phenoxy) is 1. The monoisotopic (exact) mass is 250 g/mol. The van der Waals surface area contributed by atoms with E-state index >= 15 is 0 Å². The predicted molar refractivity (Wildman–Crippen MR) is 68.5 cm³/mol. The van der Waals surface area contributed by atoms with Gasteiger partial charge in [0.2, 0.25) is 0 Å². The molecular weight excluding hydrogens is 231 g/mol. The molecule has 1 aliphatic carbocycles. The Bertz CT molecular complexity index is 421. The van der Waals surface area contributed by atoms with Gasteiger partial charge in [-0.15, -0.1) is 0 Å². The van der Waals surface area contributed by atoms with Gasteiger partial charge < -0.3 is 4.74 Å². The number of para-hydroxylation sites is 1. The summed E-state index contributed by atoms with van der Waals surface area (Å²) in [7, 11) is 0. The van der Waals surface area contributed by atoms with Crippen LogP contribution in [-0.2, 0) is 0 Å². The van der Waals surface area contributed by atoms with Crippen molar-refractivity contribution in [2.24, 2.45) is 0 Å². The van der Waals surface area contributed by atoms with Crippen LogP contribution in [0, 0.1) is 5.82 Å².